The van der Waals surface area contributed by atoms with Gasteiger partial charge >= 0.3 is 0 Å². The number of nitrogens with one attached hydrogen (secondary N) is 1. The van der Waals surface area contributed by atoms with E-state index in [0.717, 1.165) is 38.5 Å². The zero-order valence-electron chi connectivity index (χ0n) is 12.7. The molecule has 4 unspecified atom stereocenters. The summed E-state index contributed by atoms with van der Waals surface area (Å²) in [5.41, 5.74) is 5.09. The van der Waals surface area contributed by atoms with Crippen LogP contribution in [0.2, 0.25) is 0 Å². The summed E-state index contributed by atoms with van der Waals surface area (Å²) in [6, 6.07) is 0. The fourth-order valence-electron chi connectivity index (χ4n) is 4.01. The molecule has 2 aliphatic rings. The van der Waals surface area contributed by atoms with Gasteiger partial charge < -0.3 is 16.2 Å². The third-order valence-electron chi connectivity index (χ3n) is 5.21. The predicted molar refractivity (Wildman–Crippen MR) is 80.1 cm³/mol. The second-order valence-corrected chi connectivity index (χ2v) is 7.03. The third kappa shape index (κ3) is 3.95. The van der Waals surface area contributed by atoms with Crippen LogP contribution in [0.4, 0.5) is 0 Å². The molecule has 2 aliphatic carbocycles. The highest BCUT2D eigenvalue weighted by atomic mass is 16.3. The van der Waals surface area contributed by atoms with Crippen molar-refractivity contribution in [3.05, 3.63) is 0 Å². The van der Waals surface area contributed by atoms with E-state index in [1.54, 1.807) is 0 Å². The number of carbonyl (C=O) groups is 1. The molecule has 0 heterocycles. The van der Waals surface area contributed by atoms with Crippen LogP contribution in [0, 0.1) is 17.8 Å². The molecule has 1 amide bonds. The van der Waals surface area contributed by atoms with Gasteiger partial charge in [0.25, 0.3) is 0 Å². The molecule has 20 heavy (non-hydrogen) atoms. The molecule has 0 aliphatic heterocycles. The lowest BCUT2D eigenvalue weighted by atomic mass is 9.77. The van der Waals surface area contributed by atoms with Crippen LogP contribution in [0.5, 0.6) is 0 Å². The summed E-state index contributed by atoms with van der Waals surface area (Å²) in [6.45, 7) is 3.18. The first-order chi connectivity index (χ1) is 9.54. The Hall–Kier alpha value is -0.610. The molecule has 0 aromatic heterocycles. The van der Waals surface area contributed by atoms with Gasteiger partial charge in [-0.15, -0.1) is 0 Å². The number of hydrogen-bond donors (Lipinski definition) is 3. The van der Waals surface area contributed by atoms with Gasteiger partial charge in [0.1, 0.15) is 0 Å². The van der Waals surface area contributed by atoms with Crippen molar-refractivity contribution >= 4 is 5.91 Å². The van der Waals surface area contributed by atoms with Crippen LogP contribution < -0.4 is 11.1 Å². The van der Waals surface area contributed by atoms with E-state index in [2.05, 4.69) is 12.2 Å². The lowest BCUT2D eigenvalue weighted by Gasteiger charge is -2.36. The van der Waals surface area contributed by atoms with Gasteiger partial charge in [-0.05, 0) is 44.1 Å². The minimum atomic E-state index is -0.694. The predicted octanol–water partition coefficient (Wildman–Crippen LogP) is 1.81. The van der Waals surface area contributed by atoms with Crippen molar-refractivity contribution < 1.29 is 9.90 Å². The topological polar surface area (TPSA) is 75.3 Å². The van der Waals surface area contributed by atoms with Crippen LogP contribution in [-0.4, -0.2) is 29.7 Å². The molecule has 4 nitrogen and oxygen atoms in total. The smallest absolute Gasteiger partial charge is 0.223 e. The molecular weight excluding hydrogens is 252 g/mol. The number of rotatable bonds is 4. The fraction of sp³-hybridized carbons (Fsp3) is 0.938. The molecule has 0 saturated heterocycles. The largest absolute Gasteiger partial charge is 0.388 e. The van der Waals surface area contributed by atoms with Crippen molar-refractivity contribution in [2.24, 2.45) is 23.5 Å². The molecule has 4 heteroatoms. The first-order valence-corrected chi connectivity index (χ1v) is 8.24. The van der Waals surface area contributed by atoms with Crippen molar-refractivity contribution in [3.63, 3.8) is 0 Å². The van der Waals surface area contributed by atoms with Gasteiger partial charge in [-0.1, -0.05) is 32.6 Å². The highest BCUT2D eigenvalue weighted by Crippen LogP contribution is 2.32. The summed E-state index contributed by atoms with van der Waals surface area (Å²) in [4.78, 5) is 12.4. The Morgan fingerprint density at radius 1 is 1.30 bits per heavy atom. The van der Waals surface area contributed by atoms with Gasteiger partial charge in [-0.2, -0.15) is 0 Å². The van der Waals surface area contributed by atoms with E-state index >= 15 is 0 Å². The minimum absolute atomic E-state index is 0.0540. The van der Waals surface area contributed by atoms with Crippen molar-refractivity contribution in [1.82, 2.24) is 5.32 Å². The first kappa shape index (κ1) is 15.8. The zero-order valence-corrected chi connectivity index (χ0v) is 12.7. The lowest BCUT2D eigenvalue weighted by molar-refractivity contribution is -0.129. The number of hydrogen-bond acceptors (Lipinski definition) is 3. The van der Waals surface area contributed by atoms with E-state index in [0.29, 0.717) is 24.9 Å². The summed E-state index contributed by atoms with van der Waals surface area (Å²) in [5, 5.41) is 13.6. The molecule has 0 radical (unpaired) electrons. The maximum absolute atomic E-state index is 12.4. The van der Waals surface area contributed by atoms with Gasteiger partial charge in [-0.25, -0.2) is 0 Å². The van der Waals surface area contributed by atoms with Crippen molar-refractivity contribution in [3.8, 4) is 0 Å². The summed E-state index contributed by atoms with van der Waals surface area (Å²) in [5.74, 6) is 1.03. The second kappa shape index (κ2) is 6.90. The fourth-order valence-corrected chi connectivity index (χ4v) is 4.01. The molecule has 0 bridgehead atoms. The Kier molecular flexibility index (Phi) is 5.44. The second-order valence-electron chi connectivity index (χ2n) is 7.03. The van der Waals surface area contributed by atoms with Crippen LogP contribution in [0.15, 0.2) is 0 Å². The Morgan fingerprint density at radius 2 is 2.05 bits per heavy atom. The summed E-state index contributed by atoms with van der Waals surface area (Å²) in [7, 11) is 0. The normalized spacial score (nSPS) is 38.5. The molecular formula is C16H30N2O2. The van der Waals surface area contributed by atoms with Crippen molar-refractivity contribution in [1.29, 1.82) is 0 Å². The Labute approximate surface area is 122 Å². The van der Waals surface area contributed by atoms with Crippen LogP contribution in [0.25, 0.3) is 0 Å². The van der Waals surface area contributed by atoms with Gasteiger partial charge in [0.2, 0.25) is 5.91 Å². The first-order valence-electron chi connectivity index (χ1n) is 8.24. The molecule has 4 atom stereocenters. The molecule has 0 spiro atoms. The van der Waals surface area contributed by atoms with Gasteiger partial charge in [0.15, 0.2) is 0 Å². The number of nitrogens with two attached hydrogens (primary N) is 1. The standard InChI is InChI=1S/C16H30N2O2/c1-12-5-4-8-16(20,9-12)11-18-15(19)14-7-3-2-6-13(14)10-17/h12-14,20H,2-11,17H2,1H3,(H,18,19). The molecule has 2 fully saturated rings. The summed E-state index contributed by atoms with van der Waals surface area (Å²) < 4.78 is 0. The van der Waals surface area contributed by atoms with Crippen LogP contribution >= 0.6 is 0 Å². The van der Waals surface area contributed by atoms with E-state index in [1.165, 1.54) is 12.8 Å². The van der Waals surface area contributed by atoms with E-state index in [9.17, 15) is 9.90 Å². The molecule has 0 aromatic rings. The van der Waals surface area contributed by atoms with Crippen molar-refractivity contribution in [2.75, 3.05) is 13.1 Å². The quantitative estimate of drug-likeness (QED) is 0.736. The molecule has 4 N–H and O–H groups in total. The van der Waals surface area contributed by atoms with Crippen LogP contribution in [0.3, 0.4) is 0 Å². The Balaban J connectivity index is 1.84. The number of amides is 1. The molecule has 116 valence electrons. The molecule has 2 saturated carbocycles. The van der Waals surface area contributed by atoms with Gasteiger partial charge in [0.05, 0.1) is 5.60 Å². The Bertz CT molecular complexity index is 334. The maximum atomic E-state index is 12.4. The zero-order chi connectivity index (χ0) is 14.6. The van der Waals surface area contributed by atoms with E-state index in [1.807, 2.05) is 0 Å². The van der Waals surface area contributed by atoms with E-state index in [4.69, 9.17) is 5.73 Å². The summed E-state index contributed by atoms with van der Waals surface area (Å²) >= 11 is 0. The Morgan fingerprint density at radius 3 is 2.75 bits per heavy atom. The minimum Gasteiger partial charge on any atom is -0.388 e. The average molecular weight is 282 g/mol. The van der Waals surface area contributed by atoms with Crippen molar-refractivity contribution in [2.45, 2.75) is 63.9 Å². The molecule has 2 rings (SSSR count). The lowest BCUT2D eigenvalue weighted by Crippen LogP contribution is -2.48. The van der Waals surface area contributed by atoms with E-state index < -0.39 is 5.60 Å². The maximum Gasteiger partial charge on any atom is 0.223 e. The third-order valence-corrected chi connectivity index (χ3v) is 5.21. The van der Waals surface area contributed by atoms with Gasteiger partial charge in [-0.3, -0.25) is 4.79 Å². The van der Waals surface area contributed by atoms with Crippen LogP contribution in [-0.2, 0) is 4.79 Å². The van der Waals surface area contributed by atoms with Crippen LogP contribution in [0.1, 0.15) is 58.3 Å². The number of carbonyl (C=O) groups excluding carboxylic acids is 1. The molecule has 0 aromatic carbocycles. The highest BCUT2D eigenvalue weighted by molar-refractivity contribution is 5.79. The monoisotopic (exact) mass is 282 g/mol. The summed E-state index contributed by atoms with van der Waals surface area (Å²) in [6.07, 6.45) is 8.18. The highest BCUT2D eigenvalue weighted by Gasteiger charge is 2.35. The van der Waals surface area contributed by atoms with Gasteiger partial charge in [0, 0.05) is 12.5 Å². The SMILES string of the molecule is CC1CCCC(O)(CNC(=O)C2CCCCC2CN)C1. The average Bonchev–Trinajstić information content (AvgIpc) is 2.44. The van der Waals surface area contributed by atoms with E-state index in [-0.39, 0.29) is 11.8 Å². The number of aliphatic hydroxyl groups is 1.